The van der Waals surface area contributed by atoms with Crippen LogP contribution < -0.4 is 20.5 Å². The number of halogens is 5. The van der Waals surface area contributed by atoms with Crippen molar-refractivity contribution in [2.24, 2.45) is 5.73 Å². The Morgan fingerprint density at radius 2 is 1.93 bits per heavy atom. The van der Waals surface area contributed by atoms with Gasteiger partial charge in [0.15, 0.2) is 0 Å². The van der Waals surface area contributed by atoms with E-state index in [-0.39, 0.29) is 45.5 Å². The normalized spacial score (nSPS) is 17.5. The van der Waals surface area contributed by atoms with Gasteiger partial charge in [-0.1, -0.05) is 17.7 Å². The summed E-state index contributed by atoms with van der Waals surface area (Å²) in [6.07, 6.45) is -3.80. The van der Waals surface area contributed by atoms with Gasteiger partial charge in [-0.3, -0.25) is 14.6 Å². The van der Waals surface area contributed by atoms with Crippen LogP contribution in [0, 0.1) is 12.7 Å². The van der Waals surface area contributed by atoms with Crippen LogP contribution in [0.1, 0.15) is 34.1 Å². The number of amides is 2. The summed E-state index contributed by atoms with van der Waals surface area (Å²) in [4.78, 5) is 33.9. The van der Waals surface area contributed by atoms with Crippen molar-refractivity contribution in [2.45, 2.75) is 31.0 Å². The average molecular weight is 633 g/mol. The number of fused-ring (bicyclic) bond motifs is 2. The van der Waals surface area contributed by atoms with Gasteiger partial charge in [-0.05, 0) is 55.8 Å². The monoisotopic (exact) mass is 632 g/mol. The van der Waals surface area contributed by atoms with E-state index in [9.17, 15) is 32.3 Å². The molecule has 0 radical (unpaired) electrons. The van der Waals surface area contributed by atoms with Crippen LogP contribution in [0.5, 0.6) is 11.5 Å². The molecule has 1 aliphatic heterocycles. The fraction of sp³-hybridized carbons (Fsp3) is 0.267. The third-order valence-corrected chi connectivity index (χ3v) is 7.88. The van der Waals surface area contributed by atoms with Crippen molar-refractivity contribution < 1.29 is 41.7 Å². The lowest BCUT2D eigenvalue weighted by molar-refractivity contribution is -0.265. The molecule has 0 saturated carbocycles. The second-order valence-corrected chi connectivity index (χ2v) is 11.1. The van der Waals surface area contributed by atoms with Crippen LogP contribution in [0.25, 0.3) is 22.2 Å². The number of nitrogens with two attached hydrogens (primary N) is 1. The molecule has 1 aliphatic rings. The standard InChI is InChI=1S/C30H25ClF4N4O5/c1-14-6-16-7-17(9-21(43-3)23(16)37-11-14)26(40)38-12-29(42,30(33,34)35)22-10-18-25(44-13-28(18,2)27(36)41)24(39-22)15-4-5-19(31)20(32)8-15/h4-11,42H,12-13H2,1-3H3,(H2,36,41)(H,38,40)/t28-,29?/m0/s1. The van der Waals surface area contributed by atoms with Crippen molar-refractivity contribution in [3.63, 3.8) is 0 Å². The number of pyridine rings is 2. The molecule has 2 aromatic carbocycles. The number of ether oxygens (including phenoxy) is 2. The number of nitrogens with one attached hydrogen (secondary N) is 1. The lowest BCUT2D eigenvalue weighted by Gasteiger charge is -2.31. The van der Waals surface area contributed by atoms with Crippen LogP contribution >= 0.6 is 11.6 Å². The Kier molecular flexibility index (Phi) is 7.67. The molecule has 0 bridgehead atoms. The minimum atomic E-state index is -5.39. The van der Waals surface area contributed by atoms with Gasteiger partial charge in [-0.15, -0.1) is 0 Å². The van der Waals surface area contributed by atoms with Gasteiger partial charge >= 0.3 is 6.18 Å². The summed E-state index contributed by atoms with van der Waals surface area (Å²) in [6, 6.07) is 8.70. The van der Waals surface area contributed by atoms with Crippen molar-refractivity contribution in [1.29, 1.82) is 0 Å². The van der Waals surface area contributed by atoms with Gasteiger partial charge in [0.1, 0.15) is 40.5 Å². The molecule has 0 spiro atoms. The van der Waals surface area contributed by atoms with E-state index in [1.165, 1.54) is 38.3 Å². The Morgan fingerprint density at radius 3 is 2.57 bits per heavy atom. The zero-order chi connectivity index (χ0) is 32.2. The summed E-state index contributed by atoms with van der Waals surface area (Å²) in [7, 11) is 1.35. The van der Waals surface area contributed by atoms with Gasteiger partial charge in [0, 0.05) is 28.3 Å². The van der Waals surface area contributed by atoms with Crippen molar-refractivity contribution in [2.75, 3.05) is 20.3 Å². The highest BCUT2D eigenvalue weighted by atomic mass is 35.5. The van der Waals surface area contributed by atoms with Gasteiger partial charge < -0.3 is 25.6 Å². The lowest BCUT2D eigenvalue weighted by Crippen LogP contribution is -2.51. The van der Waals surface area contributed by atoms with Crippen LogP contribution in [0.2, 0.25) is 5.02 Å². The van der Waals surface area contributed by atoms with Crippen molar-refractivity contribution >= 4 is 34.3 Å². The van der Waals surface area contributed by atoms with E-state index in [1.807, 2.05) is 0 Å². The van der Waals surface area contributed by atoms with E-state index in [0.29, 0.717) is 10.9 Å². The Bertz CT molecular complexity index is 1840. The molecule has 0 aliphatic carbocycles. The predicted molar refractivity (Wildman–Crippen MR) is 152 cm³/mol. The molecule has 4 N–H and O–H groups in total. The molecule has 5 rings (SSSR count). The summed E-state index contributed by atoms with van der Waals surface area (Å²) in [6.45, 7) is 1.41. The average Bonchev–Trinajstić information content (AvgIpc) is 3.33. The van der Waals surface area contributed by atoms with Crippen LogP contribution in [-0.2, 0) is 15.8 Å². The number of hydrogen-bond acceptors (Lipinski definition) is 7. The Hall–Kier alpha value is -4.49. The number of aryl methyl sites for hydroxylation is 1. The van der Waals surface area contributed by atoms with Crippen molar-refractivity contribution in [3.8, 4) is 22.8 Å². The highest BCUT2D eigenvalue weighted by Gasteiger charge is 2.57. The van der Waals surface area contributed by atoms with Gasteiger partial charge in [0.25, 0.3) is 5.91 Å². The van der Waals surface area contributed by atoms with Crippen LogP contribution in [0.3, 0.4) is 0 Å². The van der Waals surface area contributed by atoms with Gasteiger partial charge in [0.2, 0.25) is 11.5 Å². The number of hydrogen-bond donors (Lipinski definition) is 3. The number of primary amides is 1. The van der Waals surface area contributed by atoms with Crippen LogP contribution in [0.15, 0.2) is 48.7 Å². The number of methoxy groups -OCH3 is 1. The Balaban J connectivity index is 1.61. The molecule has 9 nitrogen and oxygen atoms in total. The highest BCUT2D eigenvalue weighted by molar-refractivity contribution is 6.30. The first-order valence-electron chi connectivity index (χ1n) is 13.0. The molecule has 230 valence electrons. The van der Waals surface area contributed by atoms with E-state index < -0.39 is 47.1 Å². The Labute approximate surface area is 253 Å². The third kappa shape index (κ3) is 5.15. The SMILES string of the molecule is COc1cc(C(=O)NCC(O)(c2cc3c(c(-c4ccc(Cl)c(F)c4)n2)OC[C@]3(C)C(N)=O)C(F)(F)F)cc2cc(C)cnc12. The van der Waals surface area contributed by atoms with Gasteiger partial charge in [-0.2, -0.15) is 13.2 Å². The topological polar surface area (TPSA) is 137 Å². The summed E-state index contributed by atoms with van der Waals surface area (Å²) in [5.41, 5.74) is -0.0742. The van der Waals surface area contributed by atoms with E-state index >= 15 is 0 Å². The van der Waals surface area contributed by atoms with Crippen molar-refractivity contribution in [1.82, 2.24) is 15.3 Å². The minimum Gasteiger partial charge on any atom is -0.494 e. The molecule has 0 fully saturated rings. The minimum absolute atomic E-state index is 0.0422. The fourth-order valence-corrected chi connectivity index (χ4v) is 5.02. The molecule has 1 unspecified atom stereocenters. The maximum atomic E-state index is 14.7. The zero-order valence-corrected chi connectivity index (χ0v) is 24.2. The second kappa shape index (κ2) is 10.9. The molecule has 2 atom stereocenters. The van der Waals surface area contributed by atoms with E-state index in [2.05, 4.69) is 15.3 Å². The van der Waals surface area contributed by atoms with Gasteiger partial charge in [0.05, 0.1) is 24.4 Å². The second-order valence-electron chi connectivity index (χ2n) is 10.7. The number of aromatic nitrogens is 2. The molecule has 2 aromatic heterocycles. The van der Waals surface area contributed by atoms with Gasteiger partial charge in [-0.25, -0.2) is 9.37 Å². The number of carbonyl (C=O) groups is 2. The largest absolute Gasteiger partial charge is 0.494 e. The summed E-state index contributed by atoms with van der Waals surface area (Å²) in [5, 5.41) is 13.6. The summed E-state index contributed by atoms with van der Waals surface area (Å²) < 4.78 is 69.4. The Morgan fingerprint density at radius 1 is 1.20 bits per heavy atom. The highest BCUT2D eigenvalue weighted by Crippen LogP contribution is 2.48. The number of alkyl halides is 3. The number of carbonyl (C=O) groups excluding carboxylic acids is 2. The summed E-state index contributed by atoms with van der Waals surface area (Å²) in [5.74, 6) is -2.67. The molecular formula is C30H25ClF4N4O5. The van der Waals surface area contributed by atoms with Crippen LogP contribution in [0.4, 0.5) is 17.6 Å². The molecule has 2 amide bonds. The molecule has 14 heteroatoms. The molecule has 3 heterocycles. The molecule has 44 heavy (non-hydrogen) atoms. The number of rotatable bonds is 7. The number of aliphatic hydroxyl groups is 1. The van der Waals surface area contributed by atoms with E-state index in [1.54, 1.807) is 19.2 Å². The fourth-order valence-electron chi connectivity index (χ4n) is 4.90. The van der Waals surface area contributed by atoms with Crippen molar-refractivity contribution in [3.05, 3.63) is 81.9 Å². The smallest absolute Gasteiger partial charge is 0.424 e. The van der Waals surface area contributed by atoms with E-state index in [4.69, 9.17) is 26.8 Å². The number of benzene rings is 2. The summed E-state index contributed by atoms with van der Waals surface area (Å²) >= 11 is 5.79. The first-order chi connectivity index (χ1) is 20.6. The maximum Gasteiger partial charge on any atom is 0.424 e. The predicted octanol–water partition coefficient (Wildman–Crippen LogP) is 4.72. The first kappa shape index (κ1) is 31.0. The number of nitrogens with zero attached hydrogens (tertiary/aromatic N) is 2. The maximum absolute atomic E-state index is 14.7. The first-order valence-corrected chi connectivity index (χ1v) is 13.4. The molecular weight excluding hydrogens is 608 g/mol. The zero-order valence-electron chi connectivity index (χ0n) is 23.5. The molecule has 0 saturated heterocycles. The lowest BCUT2D eigenvalue weighted by atomic mass is 9.81. The van der Waals surface area contributed by atoms with Crippen LogP contribution in [-0.4, -0.2) is 53.3 Å². The molecule has 4 aromatic rings. The quantitative estimate of drug-likeness (QED) is 0.251. The third-order valence-electron chi connectivity index (χ3n) is 7.57. The van der Waals surface area contributed by atoms with E-state index in [0.717, 1.165) is 17.7 Å².